The molecule has 0 fully saturated rings. The summed E-state index contributed by atoms with van der Waals surface area (Å²) in [4.78, 5) is 4.60. The van der Waals surface area contributed by atoms with Gasteiger partial charge in [-0.05, 0) is 31.5 Å². The number of fused-ring (bicyclic) bond motifs is 1. The van der Waals surface area contributed by atoms with Crippen LogP contribution in [-0.4, -0.2) is 35.9 Å². The summed E-state index contributed by atoms with van der Waals surface area (Å²) in [6.45, 7) is 3.92. The molecule has 1 heterocycles. The van der Waals surface area contributed by atoms with E-state index in [0.29, 0.717) is 12.3 Å². The van der Waals surface area contributed by atoms with Crippen LogP contribution in [0.4, 0.5) is 0 Å². The van der Waals surface area contributed by atoms with Gasteiger partial charge in [-0.25, -0.2) is 13.4 Å². The normalized spacial score (nSPS) is 13.8. The fourth-order valence-electron chi connectivity index (χ4n) is 2.52. The third-order valence-corrected chi connectivity index (χ3v) is 4.50. The van der Waals surface area contributed by atoms with Crippen LogP contribution in [0.15, 0.2) is 18.2 Å². The molecule has 2 aromatic rings. The molecule has 0 aliphatic carbocycles. The highest BCUT2D eigenvalue weighted by Gasteiger charge is 2.19. The largest absolute Gasteiger partial charge is 0.324 e. The van der Waals surface area contributed by atoms with E-state index >= 15 is 0 Å². The van der Waals surface area contributed by atoms with Crippen LogP contribution in [0.3, 0.4) is 0 Å². The topological polar surface area (TPSA) is 52.0 Å². The molecule has 0 radical (unpaired) electrons. The van der Waals surface area contributed by atoms with E-state index < -0.39 is 9.84 Å². The Bertz CT molecular complexity index is 722. The number of imidazole rings is 1. The summed E-state index contributed by atoms with van der Waals surface area (Å²) in [5.74, 6) is 1.41. The Labute approximate surface area is 124 Å². The fraction of sp³-hybridized carbons (Fsp3) is 0.500. The lowest BCUT2D eigenvalue weighted by Gasteiger charge is -2.16. The molecule has 110 valence electrons. The quantitative estimate of drug-likeness (QED) is 0.797. The van der Waals surface area contributed by atoms with Crippen molar-refractivity contribution in [2.75, 3.05) is 17.9 Å². The van der Waals surface area contributed by atoms with Gasteiger partial charge in [-0.1, -0.05) is 6.07 Å². The van der Waals surface area contributed by atoms with Gasteiger partial charge in [0, 0.05) is 24.6 Å². The van der Waals surface area contributed by atoms with Crippen LogP contribution in [0.2, 0.25) is 0 Å². The van der Waals surface area contributed by atoms with Crippen molar-refractivity contribution < 1.29 is 8.42 Å². The highest BCUT2D eigenvalue weighted by atomic mass is 35.5. The average molecular weight is 315 g/mol. The third kappa shape index (κ3) is 3.33. The molecule has 1 atom stereocenters. The van der Waals surface area contributed by atoms with Gasteiger partial charge in [0.05, 0.1) is 16.8 Å². The predicted octanol–water partition coefficient (Wildman–Crippen LogP) is 2.73. The van der Waals surface area contributed by atoms with Crippen LogP contribution < -0.4 is 0 Å². The SMILES string of the molecule is Cc1ccc2c(c1)nc(CCCl)n2C(C)CS(C)(=O)=O. The van der Waals surface area contributed by atoms with Crippen molar-refractivity contribution in [1.29, 1.82) is 0 Å². The van der Waals surface area contributed by atoms with Gasteiger partial charge in [-0.15, -0.1) is 11.6 Å². The van der Waals surface area contributed by atoms with Gasteiger partial charge in [0.2, 0.25) is 0 Å². The van der Waals surface area contributed by atoms with Crippen molar-refractivity contribution in [2.45, 2.75) is 26.3 Å². The number of hydrogen-bond acceptors (Lipinski definition) is 3. The lowest BCUT2D eigenvalue weighted by atomic mass is 10.2. The Kier molecular flexibility index (Phi) is 4.39. The number of alkyl halides is 1. The zero-order valence-corrected chi connectivity index (χ0v) is 13.5. The average Bonchev–Trinajstić information content (AvgIpc) is 2.64. The molecule has 20 heavy (non-hydrogen) atoms. The lowest BCUT2D eigenvalue weighted by molar-refractivity contribution is 0.557. The minimum absolute atomic E-state index is 0.0988. The molecule has 2 rings (SSSR count). The summed E-state index contributed by atoms with van der Waals surface area (Å²) in [5, 5.41) is 0. The lowest BCUT2D eigenvalue weighted by Crippen LogP contribution is -2.18. The standard InChI is InChI=1S/C14H19ClN2O2S/c1-10-4-5-13-12(8-10)16-14(6-7-15)17(13)11(2)9-20(3,18)19/h4-5,8,11H,6-7,9H2,1-3H3. The Morgan fingerprint density at radius 2 is 2.10 bits per heavy atom. The zero-order chi connectivity index (χ0) is 14.9. The molecule has 6 heteroatoms. The van der Waals surface area contributed by atoms with E-state index in [1.165, 1.54) is 6.26 Å². The van der Waals surface area contributed by atoms with Gasteiger partial charge >= 0.3 is 0 Å². The molecule has 0 N–H and O–H groups in total. The number of nitrogens with zero attached hydrogens (tertiary/aromatic N) is 2. The van der Waals surface area contributed by atoms with Crippen LogP contribution in [0.25, 0.3) is 11.0 Å². The molecule has 0 amide bonds. The number of aromatic nitrogens is 2. The number of halogens is 1. The zero-order valence-electron chi connectivity index (χ0n) is 11.9. The maximum Gasteiger partial charge on any atom is 0.149 e. The molecular formula is C14H19ClN2O2S. The summed E-state index contributed by atoms with van der Waals surface area (Å²) in [6.07, 6.45) is 1.89. The Hall–Kier alpha value is -1.07. The number of sulfone groups is 1. The van der Waals surface area contributed by atoms with Gasteiger partial charge in [-0.2, -0.15) is 0 Å². The van der Waals surface area contributed by atoms with Crippen molar-refractivity contribution in [3.63, 3.8) is 0 Å². The fourth-order valence-corrected chi connectivity index (χ4v) is 3.72. The first-order valence-electron chi connectivity index (χ1n) is 6.53. The van der Waals surface area contributed by atoms with Crippen molar-refractivity contribution in [3.05, 3.63) is 29.6 Å². The summed E-state index contributed by atoms with van der Waals surface area (Å²) in [5.41, 5.74) is 2.99. The second-order valence-electron chi connectivity index (χ2n) is 5.27. The van der Waals surface area contributed by atoms with Gasteiger partial charge in [-0.3, -0.25) is 0 Å². The monoisotopic (exact) mass is 314 g/mol. The number of hydrogen-bond donors (Lipinski definition) is 0. The molecule has 0 saturated heterocycles. The molecular weight excluding hydrogens is 296 g/mol. The van der Waals surface area contributed by atoms with E-state index in [2.05, 4.69) is 4.98 Å². The summed E-state index contributed by atoms with van der Waals surface area (Å²) < 4.78 is 25.1. The molecule has 4 nitrogen and oxygen atoms in total. The molecule has 1 aromatic heterocycles. The van der Waals surface area contributed by atoms with Crippen LogP contribution in [-0.2, 0) is 16.3 Å². The number of benzene rings is 1. The minimum atomic E-state index is -3.04. The molecule has 1 aromatic carbocycles. The van der Waals surface area contributed by atoms with Crippen LogP contribution in [0.5, 0.6) is 0 Å². The highest BCUT2D eigenvalue weighted by molar-refractivity contribution is 7.90. The van der Waals surface area contributed by atoms with Crippen LogP contribution in [0.1, 0.15) is 24.4 Å². The molecule has 0 saturated carbocycles. The smallest absolute Gasteiger partial charge is 0.149 e. The van der Waals surface area contributed by atoms with Crippen molar-refractivity contribution in [2.24, 2.45) is 0 Å². The van der Waals surface area contributed by atoms with Crippen molar-refractivity contribution >= 4 is 32.5 Å². The van der Waals surface area contributed by atoms with Gasteiger partial charge < -0.3 is 4.57 Å². The molecule has 0 spiro atoms. The second-order valence-corrected chi connectivity index (χ2v) is 7.83. The first kappa shape index (κ1) is 15.3. The van der Waals surface area contributed by atoms with E-state index in [-0.39, 0.29) is 11.8 Å². The summed E-state index contributed by atoms with van der Waals surface area (Å²) in [6, 6.07) is 5.86. The number of aryl methyl sites for hydroxylation is 2. The van der Waals surface area contributed by atoms with Crippen molar-refractivity contribution in [1.82, 2.24) is 9.55 Å². The predicted molar refractivity (Wildman–Crippen MR) is 83.3 cm³/mol. The van der Waals surface area contributed by atoms with Gasteiger partial charge in [0.15, 0.2) is 0 Å². The van der Waals surface area contributed by atoms with Crippen LogP contribution in [0, 0.1) is 6.92 Å². The molecule has 0 aliphatic rings. The molecule has 0 bridgehead atoms. The Morgan fingerprint density at radius 1 is 1.40 bits per heavy atom. The van der Waals surface area contributed by atoms with E-state index in [0.717, 1.165) is 22.4 Å². The van der Waals surface area contributed by atoms with E-state index in [1.807, 2.05) is 36.6 Å². The maximum absolute atomic E-state index is 11.5. The first-order valence-corrected chi connectivity index (χ1v) is 9.12. The van der Waals surface area contributed by atoms with Crippen molar-refractivity contribution in [3.8, 4) is 0 Å². The van der Waals surface area contributed by atoms with E-state index in [9.17, 15) is 8.42 Å². The second kappa shape index (κ2) is 5.74. The molecule has 0 aliphatic heterocycles. The van der Waals surface area contributed by atoms with E-state index in [1.54, 1.807) is 0 Å². The summed E-state index contributed by atoms with van der Waals surface area (Å²) in [7, 11) is -3.04. The molecule has 1 unspecified atom stereocenters. The third-order valence-electron chi connectivity index (χ3n) is 3.22. The van der Waals surface area contributed by atoms with Crippen LogP contribution >= 0.6 is 11.6 Å². The van der Waals surface area contributed by atoms with Gasteiger partial charge in [0.1, 0.15) is 15.7 Å². The van der Waals surface area contributed by atoms with Gasteiger partial charge in [0.25, 0.3) is 0 Å². The summed E-state index contributed by atoms with van der Waals surface area (Å²) >= 11 is 5.83. The van der Waals surface area contributed by atoms with E-state index in [4.69, 9.17) is 11.6 Å². The Morgan fingerprint density at radius 3 is 2.70 bits per heavy atom. The maximum atomic E-state index is 11.5. The first-order chi connectivity index (χ1) is 9.31. The minimum Gasteiger partial charge on any atom is -0.324 e. The highest BCUT2D eigenvalue weighted by Crippen LogP contribution is 2.23. The number of rotatable bonds is 5. The Balaban J connectivity index is 2.56.